The average molecular weight is 271 g/mol. The number of carboxylic acids is 1. The second kappa shape index (κ2) is 6.01. The molecule has 2 atom stereocenters. The summed E-state index contributed by atoms with van der Waals surface area (Å²) in [6.45, 7) is 3.77. The molecule has 0 saturated carbocycles. The Kier molecular flexibility index (Phi) is 4.88. The molecule has 0 spiro atoms. The highest BCUT2D eigenvalue weighted by Crippen LogP contribution is 2.30. The fourth-order valence-corrected chi connectivity index (χ4v) is 2.41. The van der Waals surface area contributed by atoms with Crippen LogP contribution in [0.5, 0.6) is 0 Å². The highest BCUT2D eigenvalue weighted by Gasteiger charge is 2.45. The van der Waals surface area contributed by atoms with Gasteiger partial charge in [0.05, 0.1) is 6.04 Å². The number of hydrogen-bond acceptors (Lipinski definition) is 4. The van der Waals surface area contributed by atoms with Gasteiger partial charge in [-0.05, 0) is 33.1 Å². The molecule has 1 fully saturated rings. The Bertz CT molecular complexity index is 385. The Morgan fingerprint density at radius 2 is 1.95 bits per heavy atom. The van der Waals surface area contributed by atoms with Crippen LogP contribution in [0.2, 0.25) is 0 Å². The van der Waals surface area contributed by atoms with Crippen LogP contribution in [-0.2, 0) is 9.59 Å². The number of rotatable bonds is 3. The van der Waals surface area contributed by atoms with Crippen LogP contribution in [0.25, 0.3) is 0 Å². The van der Waals surface area contributed by atoms with Crippen molar-refractivity contribution in [3.63, 3.8) is 0 Å². The maximum Gasteiger partial charge on any atom is 0.323 e. The molecular weight excluding hydrogens is 250 g/mol. The Balaban J connectivity index is 2.83. The van der Waals surface area contributed by atoms with E-state index in [-0.39, 0.29) is 0 Å². The molecule has 1 saturated heterocycles. The lowest BCUT2D eigenvalue weighted by Crippen LogP contribution is -2.62. The molecule has 7 heteroatoms. The van der Waals surface area contributed by atoms with Crippen LogP contribution in [0, 0.1) is 0 Å². The first-order valence-electron chi connectivity index (χ1n) is 6.35. The quantitative estimate of drug-likeness (QED) is 0.679. The summed E-state index contributed by atoms with van der Waals surface area (Å²) in [6, 6.07) is -1.26. The summed E-state index contributed by atoms with van der Waals surface area (Å²) in [6.07, 6.45) is 2.17. The minimum Gasteiger partial charge on any atom is -0.480 e. The van der Waals surface area contributed by atoms with Gasteiger partial charge >= 0.3 is 12.0 Å². The number of carbonyl (C=O) groups excluding carboxylic acids is 2. The standard InChI is InChI=1S/C12H21N3O4/c1-8(9(16)14-11(19)13-3)15-7-5-4-6-12(15,2)10(17)18/h8H,4-7H2,1-3H3,(H,17,18)(H2,13,14,16,19). The van der Waals surface area contributed by atoms with Crippen LogP contribution in [0.15, 0.2) is 0 Å². The predicted octanol–water partition coefficient (Wildman–Crippen LogP) is 0.160. The van der Waals surface area contributed by atoms with Crippen molar-refractivity contribution in [3.8, 4) is 0 Å². The van der Waals surface area contributed by atoms with E-state index < -0.39 is 29.5 Å². The topological polar surface area (TPSA) is 98.7 Å². The fraction of sp³-hybridized carbons (Fsp3) is 0.750. The van der Waals surface area contributed by atoms with E-state index in [9.17, 15) is 19.5 Å². The summed E-state index contributed by atoms with van der Waals surface area (Å²) >= 11 is 0. The lowest BCUT2D eigenvalue weighted by Gasteiger charge is -2.44. The van der Waals surface area contributed by atoms with Crippen molar-refractivity contribution in [2.75, 3.05) is 13.6 Å². The van der Waals surface area contributed by atoms with Crippen molar-refractivity contribution in [1.82, 2.24) is 15.5 Å². The lowest BCUT2D eigenvalue weighted by molar-refractivity contribution is -0.156. The zero-order chi connectivity index (χ0) is 14.6. The van der Waals surface area contributed by atoms with Gasteiger partial charge in [0.2, 0.25) is 5.91 Å². The molecule has 0 radical (unpaired) electrons. The third-order valence-corrected chi connectivity index (χ3v) is 3.72. The van der Waals surface area contributed by atoms with Gasteiger partial charge in [-0.15, -0.1) is 0 Å². The number of hydrogen-bond donors (Lipinski definition) is 3. The van der Waals surface area contributed by atoms with Crippen molar-refractivity contribution >= 4 is 17.9 Å². The first-order chi connectivity index (χ1) is 8.82. The lowest BCUT2D eigenvalue weighted by atomic mass is 9.87. The minimum atomic E-state index is -1.06. The molecule has 1 rings (SSSR count). The monoisotopic (exact) mass is 271 g/mol. The van der Waals surface area contributed by atoms with E-state index >= 15 is 0 Å². The largest absolute Gasteiger partial charge is 0.480 e. The average Bonchev–Trinajstić information content (AvgIpc) is 2.38. The van der Waals surface area contributed by atoms with Gasteiger partial charge in [-0.3, -0.25) is 19.8 Å². The Morgan fingerprint density at radius 1 is 1.32 bits per heavy atom. The highest BCUT2D eigenvalue weighted by atomic mass is 16.4. The number of aliphatic carboxylic acids is 1. The van der Waals surface area contributed by atoms with E-state index in [2.05, 4.69) is 10.6 Å². The van der Waals surface area contributed by atoms with Gasteiger partial charge in [0.1, 0.15) is 5.54 Å². The molecular formula is C12H21N3O4. The predicted molar refractivity (Wildman–Crippen MR) is 68.7 cm³/mol. The van der Waals surface area contributed by atoms with Gasteiger partial charge in [-0.2, -0.15) is 0 Å². The maximum absolute atomic E-state index is 11.9. The van der Waals surface area contributed by atoms with E-state index in [0.29, 0.717) is 13.0 Å². The molecule has 2 unspecified atom stereocenters. The molecule has 0 aromatic rings. The summed E-state index contributed by atoms with van der Waals surface area (Å²) in [5, 5.41) is 13.8. The van der Waals surface area contributed by atoms with Crippen LogP contribution in [0.3, 0.4) is 0 Å². The van der Waals surface area contributed by atoms with E-state index in [4.69, 9.17) is 0 Å². The molecule has 1 aliphatic heterocycles. The summed E-state index contributed by atoms with van der Waals surface area (Å²) in [4.78, 5) is 36.1. The van der Waals surface area contributed by atoms with Gasteiger partial charge in [-0.25, -0.2) is 4.79 Å². The van der Waals surface area contributed by atoms with E-state index in [1.54, 1.807) is 18.7 Å². The zero-order valence-electron chi connectivity index (χ0n) is 11.5. The molecule has 1 heterocycles. The third kappa shape index (κ3) is 3.23. The molecule has 108 valence electrons. The molecule has 3 N–H and O–H groups in total. The number of amides is 3. The molecule has 0 bridgehead atoms. The number of imide groups is 1. The van der Waals surface area contributed by atoms with Crippen LogP contribution in [-0.4, -0.2) is 53.1 Å². The highest BCUT2D eigenvalue weighted by molar-refractivity contribution is 5.97. The van der Waals surface area contributed by atoms with E-state index in [0.717, 1.165) is 12.8 Å². The molecule has 1 aliphatic rings. The second-order valence-electron chi connectivity index (χ2n) is 4.97. The number of carbonyl (C=O) groups is 3. The second-order valence-corrected chi connectivity index (χ2v) is 4.97. The molecule has 0 aromatic carbocycles. The van der Waals surface area contributed by atoms with Crippen molar-refractivity contribution in [1.29, 1.82) is 0 Å². The molecule has 19 heavy (non-hydrogen) atoms. The first-order valence-corrected chi connectivity index (χ1v) is 6.35. The molecule has 0 aromatic heterocycles. The summed E-state index contributed by atoms with van der Waals surface area (Å²) in [5.41, 5.74) is -1.06. The van der Waals surface area contributed by atoms with Crippen LogP contribution >= 0.6 is 0 Å². The van der Waals surface area contributed by atoms with Gasteiger partial charge < -0.3 is 10.4 Å². The maximum atomic E-state index is 11.9. The molecule has 0 aliphatic carbocycles. The smallest absolute Gasteiger partial charge is 0.323 e. The Labute approximate surface area is 112 Å². The number of carboxylic acid groups (broad SMARTS) is 1. The van der Waals surface area contributed by atoms with Crippen molar-refractivity contribution in [3.05, 3.63) is 0 Å². The van der Waals surface area contributed by atoms with Gasteiger partial charge in [-0.1, -0.05) is 0 Å². The van der Waals surface area contributed by atoms with Crippen LogP contribution < -0.4 is 10.6 Å². The van der Waals surface area contributed by atoms with Crippen molar-refractivity contribution < 1.29 is 19.5 Å². The van der Waals surface area contributed by atoms with E-state index in [1.165, 1.54) is 7.05 Å². The minimum absolute atomic E-state index is 0.492. The summed E-state index contributed by atoms with van der Waals surface area (Å²) in [7, 11) is 1.41. The first kappa shape index (κ1) is 15.4. The normalized spacial score (nSPS) is 25.4. The number of urea groups is 1. The Morgan fingerprint density at radius 3 is 2.47 bits per heavy atom. The molecule has 3 amide bonds. The number of nitrogens with zero attached hydrogens (tertiary/aromatic N) is 1. The number of nitrogens with one attached hydrogen (secondary N) is 2. The SMILES string of the molecule is CNC(=O)NC(=O)C(C)N1CCCCC1(C)C(=O)O. The van der Waals surface area contributed by atoms with Crippen molar-refractivity contribution in [2.45, 2.75) is 44.7 Å². The molecule has 7 nitrogen and oxygen atoms in total. The van der Waals surface area contributed by atoms with Gasteiger partial charge in [0.15, 0.2) is 0 Å². The number of piperidine rings is 1. The number of likely N-dealkylation sites (tertiary alicyclic amines) is 1. The summed E-state index contributed by atoms with van der Waals surface area (Å²) in [5.74, 6) is -1.43. The van der Waals surface area contributed by atoms with Gasteiger partial charge in [0.25, 0.3) is 0 Å². The zero-order valence-corrected chi connectivity index (χ0v) is 11.5. The third-order valence-electron chi connectivity index (χ3n) is 3.72. The summed E-state index contributed by atoms with van der Waals surface area (Å²) < 4.78 is 0. The van der Waals surface area contributed by atoms with E-state index in [1.807, 2.05) is 0 Å². The van der Waals surface area contributed by atoms with Crippen LogP contribution in [0.1, 0.15) is 33.1 Å². The van der Waals surface area contributed by atoms with Gasteiger partial charge in [0, 0.05) is 13.6 Å². The van der Waals surface area contributed by atoms with Crippen molar-refractivity contribution in [2.24, 2.45) is 0 Å². The fourth-order valence-electron chi connectivity index (χ4n) is 2.41. The van der Waals surface area contributed by atoms with Crippen LogP contribution in [0.4, 0.5) is 4.79 Å². The Hall–Kier alpha value is -1.63.